The maximum Gasteiger partial charge on any atom is 0.417 e. The van der Waals surface area contributed by atoms with Crippen molar-refractivity contribution in [2.75, 3.05) is 0 Å². The Hall–Kier alpha value is -2.10. The van der Waals surface area contributed by atoms with E-state index in [1.807, 2.05) is 6.92 Å². The van der Waals surface area contributed by atoms with Crippen LogP contribution in [0.5, 0.6) is 0 Å². The molecule has 1 heterocycles. The van der Waals surface area contributed by atoms with Crippen molar-refractivity contribution < 1.29 is 26.4 Å². The van der Waals surface area contributed by atoms with Gasteiger partial charge in [0, 0.05) is 12.6 Å². The van der Waals surface area contributed by atoms with Gasteiger partial charge in [-0.3, -0.25) is 0 Å². The number of nitrogens with zero attached hydrogens (tertiary/aromatic N) is 2. The van der Waals surface area contributed by atoms with E-state index < -0.39 is 32.7 Å². The van der Waals surface area contributed by atoms with Gasteiger partial charge in [0.15, 0.2) is 0 Å². The summed E-state index contributed by atoms with van der Waals surface area (Å²) in [5.74, 6) is 0. The molecular weight excluding hydrogens is 347 g/mol. The third kappa shape index (κ3) is 3.86. The van der Waals surface area contributed by atoms with Crippen molar-refractivity contribution in [1.29, 1.82) is 0 Å². The number of amides is 2. The van der Waals surface area contributed by atoms with Crippen LogP contribution in [0.15, 0.2) is 34.3 Å². The number of rotatable bonds is 4. The second kappa shape index (κ2) is 6.80. The highest BCUT2D eigenvalue weighted by atomic mass is 32.2. The van der Waals surface area contributed by atoms with Gasteiger partial charge in [0.05, 0.1) is 16.5 Å². The number of halogens is 3. The Morgan fingerprint density at radius 3 is 2.67 bits per heavy atom. The first-order chi connectivity index (χ1) is 11.2. The zero-order valence-corrected chi connectivity index (χ0v) is 13.6. The number of sulfonamides is 1. The molecule has 1 aliphatic rings. The molecule has 1 unspecified atom stereocenters. The minimum absolute atomic E-state index is 0.303. The van der Waals surface area contributed by atoms with Gasteiger partial charge in [-0.25, -0.2) is 22.9 Å². The molecule has 2 amide bonds. The Kier molecular flexibility index (Phi) is 5.16. The minimum Gasteiger partial charge on any atom is -0.246 e. The van der Waals surface area contributed by atoms with Gasteiger partial charge < -0.3 is 0 Å². The third-order valence-electron chi connectivity index (χ3n) is 3.46. The first-order valence-corrected chi connectivity index (χ1v) is 8.70. The molecule has 0 radical (unpaired) electrons. The Morgan fingerprint density at radius 2 is 2.04 bits per heavy atom. The van der Waals surface area contributed by atoms with Gasteiger partial charge in [-0.1, -0.05) is 25.5 Å². The maximum atomic E-state index is 13.0. The molecule has 0 aliphatic carbocycles. The molecule has 24 heavy (non-hydrogen) atoms. The molecule has 0 aromatic heterocycles. The van der Waals surface area contributed by atoms with Crippen molar-refractivity contribution >= 4 is 22.3 Å². The zero-order valence-electron chi connectivity index (χ0n) is 12.7. The maximum absolute atomic E-state index is 13.0. The number of hydrazone groups is 1. The highest BCUT2D eigenvalue weighted by Gasteiger charge is 2.38. The van der Waals surface area contributed by atoms with Crippen LogP contribution in [0.1, 0.15) is 31.7 Å². The normalized spacial score (nSPS) is 18.0. The summed E-state index contributed by atoms with van der Waals surface area (Å²) in [6.07, 6.45) is -1.56. The molecule has 0 spiro atoms. The van der Waals surface area contributed by atoms with Gasteiger partial charge in [-0.2, -0.15) is 18.3 Å². The summed E-state index contributed by atoms with van der Waals surface area (Å²) in [6, 6.07) is 2.30. The summed E-state index contributed by atoms with van der Waals surface area (Å²) in [6.45, 7) is 1.89. The quantitative estimate of drug-likeness (QED) is 0.893. The first kappa shape index (κ1) is 18.2. The lowest BCUT2D eigenvalue weighted by Crippen LogP contribution is -2.43. The highest BCUT2D eigenvalue weighted by Crippen LogP contribution is 2.34. The molecule has 0 saturated heterocycles. The monoisotopic (exact) mass is 363 g/mol. The van der Waals surface area contributed by atoms with E-state index in [0.717, 1.165) is 29.6 Å². The zero-order chi connectivity index (χ0) is 18.0. The predicted octanol–water partition coefficient (Wildman–Crippen LogP) is 2.96. The van der Waals surface area contributed by atoms with Crippen LogP contribution in [0.4, 0.5) is 18.0 Å². The smallest absolute Gasteiger partial charge is 0.246 e. The summed E-state index contributed by atoms with van der Waals surface area (Å²) in [5, 5.41) is 4.75. The standard InChI is InChI=1S/C14H16F3N3O3S/c1-2-5-10-8-9-18-20(10)13(21)19-24(22,23)12-7-4-3-6-11(12)14(15,16)17/h3-4,6-7,9-10H,2,5,8H2,1H3,(H,19,21). The van der Waals surface area contributed by atoms with E-state index in [1.165, 1.54) is 6.21 Å². The molecule has 6 nitrogen and oxygen atoms in total. The number of urea groups is 1. The van der Waals surface area contributed by atoms with Crippen molar-refractivity contribution in [3.63, 3.8) is 0 Å². The molecule has 10 heteroatoms. The van der Waals surface area contributed by atoms with Crippen molar-refractivity contribution in [3.8, 4) is 0 Å². The first-order valence-electron chi connectivity index (χ1n) is 7.21. The molecule has 1 N–H and O–H groups in total. The van der Waals surface area contributed by atoms with Crippen LogP contribution < -0.4 is 4.72 Å². The number of hydrogen-bond donors (Lipinski definition) is 1. The molecule has 1 atom stereocenters. The van der Waals surface area contributed by atoms with Crippen LogP contribution in [0.25, 0.3) is 0 Å². The third-order valence-corrected chi connectivity index (χ3v) is 4.84. The average molecular weight is 363 g/mol. The van der Waals surface area contributed by atoms with E-state index in [0.29, 0.717) is 18.9 Å². The average Bonchev–Trinajstić information content (AvgIpc) is 2.95. The fraction of sp³-hybridized carbons (Fsp3) is 0.429. The fourth-order valence-electron chi connectivity index (χ4n) is 2.39. The van der Waals surface area contributed by atoms with Crippen molar-refractivity contribution in [3.05, 3.63) is 29.8 Å². The van der Waals surface area contributed by atoms with Crippen LogP contribution in [0.3, 0.4) is 0 Å². The van der Waals surface area contributed by atoms with Crippen LogP contribution in [-0.4, -0.2) is 31.7 Å². The van der Waals surface area contributed by atoms with E-state index in [2.05, 4.69) is 5.10 Å². The second-order valence-electron chi connectivity index (χ2n) is 5.23. The van der Waals surface area contributed by atoms with E-state index >= 15 is 0 Å². The number of carbonyl (C=O) groups is 1. The van der Waals surface area contributed by atoms with E-state index in [-0.39, 0.29) is 6.04 Å². The van der Waals surface area contributed by atoms with E-state index in [9.17, 15) is 26.4 Å². The fourth-order valence-corrected chi connectivity index (χ4v) is 3.56. The lowest BCUT2D eigenvalue weighted by atomic mass is 10.1. The van der Waals surface area contributed by atoms with Gasteiger partial charge in [0.25, 0.3) is 10.0 Å². The SMILES string of the molecule is CCCC1CC=NN1C(=O)NS(=O)(=O)c1ccccc1C(F)(F)F. The van der Waals surface area contributed by atoms with Gasteiger partial charge in [-0.15, -0.1) is 0 Å². The van der Waals surface area contributed by atoms with E-state index in [4.69, 9.17) is 0 Å². The van der Waals surface area contributed by atoms with Crippen LogP contribution in [0.2, 0.25) is 0 Å². The Bertz CT molecular complexity index is 747. The lowest BCUT2D eigenvalue weighted by molar-refractivity contribution is -0.139. The van der Waals surface area contributed by atoms with E-state index in [1.54, 1.807) is 4.72 Å². The number of alkyl halides is 3. The molecule has 0 saturated carbocycles. The summed E-state index contributed by atoms with van der Waals surface area (Å²) in [4.78, 5) is 11.1. The number of benzene rings is 1. The van der Waals surface area contributed by atoms with Crippen molar-refractivity contribution in [1.82, 2.24) is 9.73 Å². The second-order valence-corrected chi connectivity index (χ2v) is 6.88. The molecular formula is C14H16F3N3O3S. The molecule has 1 aliphatic heterocycles. The molecule has 1 aromatic carbocycles. The van der Waals surface area contributed by atoms with Crippen LogP contribution in [0, 0.1) is 0 Å². The predicted molar refractivity (Wildman–Crippen MR) is 80.8 cm³/mol. The highest BCUT2D eigenvalue weighted by molar-refractivity contribution is 7.90. The van der Waals surface area contributed by atoms with Crippen molar-refractivity contribution in [2.45, 2.75) is 43.3 Å². The summed E-state index contributed by atoms with van der Waals surface area (Å²) in [7, 11) is -4.68. The molecule has 0 bridgehead atoms. The number of nitrogens with one attached hydrogen (secondary N) is 1. The lowest BCUT2D eigenvalue weighted by Gasteiger charge is -2.22. The Morgan fingerprint density at radius 1 is 1.38 bits per heavy atom. The minimum atomic E-state index is -4.86. The summed E-state index contributed by atoms with van der Waals surface area (Å²) in [5.41, 5.74) is -1.33. The molecule has 132 valence electrons. The topological polar surface area (TPSA) is 78.8 Å². The van der Waals surface area contributed by atoms with Gasteiger partial charge >= 0.3 is 12.2 Å². The number of hydrogen-bond acceptors (Lipinski definition) is 4. The van der Waals surface area contributed by atoms with Gasteiger partial charge in [0.1, 0.15) is 0 Å². The Balaban J connectivity index is 2.27. The summed E-state index contributed by atoms with van der Waals surface area (Å²) < 4.78 is 65.0. The van der Waals surface area contributed by atoms with Gasteiger partial charge in [0.2, 0.25) is 0 Å². The Labute approximate surface area is 137 Å². The number of carbonyl (C=O) groups excluding carboxylic acids is 1. The summed E-state index contributed by atoms with van der Waals surface area (Å²) >= 11 is 0. The van der Waals surface area contributed by atoms with Gasteiger partial charge in [-0.05, 0) is 18.6 Å². The molecule has 0 fully saturated rings. The van der Waals surface area contributed by atoms with Crippen LogP contribution in [-0.2, 0) is 16.2 Å². The molecule has 2 rings (SSSR count). The molecule has 1 aromatic rings. The van der Waals surface area contributed by atoms with Crippen LogP contribution >= 0.6 is 0 Å². The largest absolute Gasteiger partial charge is 0.417 e. The van der Waals surface area contributed by atoms with Crippen molar-refractivity contribution in [2.24, 2.45) is 5.10 Å².